The first kappa shape index (κ1) is 17.3. The van der Waals surface area contributed by atoms with Crippen LogP contribution in [0.1, 0.15) is 6.42 Å². The second kappa shape index (κ2) is 7.04. The molecular weight excluding hydrogens is 328 g/mol. The molecule has 3 rings (SSSR count). The van der Waals surface area contributed by atoms with Crippen LogP contribution in [0.3, 0.4) is 0 Å². The number of hydrogen-bond acceptors (Lipinski definition) is 5. The molecule has 0 aromatic heterocycles. The molecule has 1 atom stereocenters. The van der Waals surface area contributed by atoms with Crippen LogP contribution in [0.5, 0.6) is 11.5 Å². The van der Waals surface area contributed by atoms with Crippen LogP contribution in [0.15, 0.2) is 23.1 Å². The van der Waals surface area contributed by atoms with Crippen molar-refractivity contribution in [1.29, 1.82) is 0 Å². The molecule has 2 aliphatic rings. The minimum Gasteiger partial charge on any atom is -0.486 e. The molecule has 0 aliphatic carbocycles. The van der Waals surface area contributed by atoms with Gasteiger partial charge in [-0.2, -0.15) is 4.31 Å². The maximum Gasteiger partial charge on any atom is 0.246 e. The number of rotatable bonds is 4. The summed E-state index contributed by atoms with van der Waals surface area (Å²) in [6.07, 6.45) is 0.881. The molecule has 0 spiro atoms. The molecule has 124 valence electrons. The summed E-state index contributed by atoms with van der Waals surface area (Å²) in [6, 6.07) is 5.02. The van der Waals surface area contributed by atoms with Crippen LogP contribution in [0.2, 0.25) is 0 Å². The number of sulfonamides is 1. The highest BCUT2D eigenvalue weighted by molar-refractivity contribution is 7.89. The van der Waals surface area contributed by atoms with Crippen molar-refractivity contribution in [2.24, 2.45) is 5.92 Å². The highest BCUT2D eigenvalue weighted by Crippen LogP contribution is 2.38. The molecule has 2 heterocycles. The van der Waals surface area contributed by atoms with E-state index in [0.717, 1.165) is 13.0 Å². The Bertz CT molecular complexity index is 623. The molecular formula is C14H21ClN2O4S. The van der Waals surface area contributed by atoms with Gasteiger partial charge in [-0.3, -0.25) is 0 Å². The molecule has 2 aliphatic heterocycles. The lowest BCUT2D eigenvalue weighted by Gasteiger charge is -2.23. The number of halogens is 1. The third kappa shape index (κ3) is 3.17. The van der Waals surface area contributed by atoms with E-state index in [0.29, 0.717) is 43.7 Å². The van der Waals surface area contributed by atoms with Crippen LogP contribution in [0.4, 0.5) is 0 Å². The molecule has 1 unspecified atom stereocenters. The van der Waals surface area contributed by atoms with Gasteiger partial charge in [0.05, 0.1) is 0 Å². The average molecular weight is 349 g/mol. The van der Waals surface area contributed by atoms with Crippen LogP contribution < -0.4 is 14.8 Å². The molecule has 6 nitrogen and oxygen atoms in total. The number of hydrogen-bond donors (Lipinski definition) is 1. The van der Waals surface area contributed by atoms with Crippen LogP contribution in [-0.4, -0.2) is 52.6 Å². The molecule has 0 amide bonds. The van der Waals surface area contributed by atoms with Crippen molar-refractivity contribution in [2.45, 2.75) is 11.3 Å². The predicted octanol–water partition coefficient (Wildman–Crippen LogP) is 1.11. The van der Waals surface area contributed by atoms with E-state index in [1.807, 2.05) is 7.05 Å². The van der Waals surface area contributed by atoms with Crippen LogP contribution in [0, 0.1) is 5.92 Å². The Labute approximate surface area is 137 Å². The summed E-state index contributed by atoms with van der Waals surface area (Å²) >= 11 is 0. The van der Waals surface area contributed by atoms with Crippen molar-refractivity contribution in [3.63, 3.8) is 0 Å². The predicted molar refractivity (Wildman–Crippen MR) is 85.5 cm³/mol. The molecule has 0 saturated carbocycles. The second-order valence-corrected chi connectivity index (χ2v) is 7.26. The van der Waals surface area contributed by atoms with Gasteiger partial charge in [0, 0.05) is 13.1 Å². The topological polar surface area (TPSA) is 67.9 Å². The van der Waals surface area contributed by atoms with Gasteiger partial charge in [0.15, 0.2) is 11.5 Å². The molecule has 8 heteroatoms. The highest BCUT2D eigenvalue weighted by atomic mass is 35.5. The number of fused-ring (bicyclic) bond motifs is 1. The van der Waals surface area contributed by atoms with Gasteiger partial charge >= 0.3 is 0 Å². The number of ether oxygens (including phenoxy) is 2. The third-order valence-electron chi connectivity index (χ3n) is 3.89. The molecule has 1 saturated heterocycles. The maximum atomic E-state index is 12.8. The summed E-state index contributed by atoms with van der Waals surface area (Å²) in [5.74, 6) is 1.22. The molecule has 1 fully saturated rings. The van der Waals surface area contributed by atoms with Crippen molar-refractivity contribution in [3.8, 4) is 11.5 Å². The number of para-hydroxylation sites is 1. The largest absolute Gasteiger partial charge is 0.486 e. The van der Waals surface area contributed by atoms with Crippen molar-refractivity contribution in [1.82, 2.24) is 9.62 Å². The van der Waals surface area contributed by atoms with Gasteiger partial charge < -0.3 is 14.8 Å². The summed E-state index contributed by atoms with van der Waals surface area (Å²) in [5, 5.41) is 3.11. The average Bonchev–Trinajstić information content (AvgIpc) is 2.96. The van der Waals surface area contributed by atoms with E-state index in [9.17, 15) is 8.42 Å². The quantitative estimate of drug-likeness (QED) is 0.882. The standard InChI is InChI=1S/C14H20N2O4S.ClH/c1-15-9-11-5-6-16(10-11)21(17,18)13-4-2-3-12-14(13)20-8-7-19-12;/h2-4,11,15H,5-10H2,1H3;1H. The molecule has 1 aromatic rings. The summed E-state index contributed by atoms with van der Waals surface area (Å²) in [6.45, 7) is 2.76. The Balaban J connectivity index is 0.00000176. The van der Waals surface area contributed by atoms with Crippen molar-refractivity contribution in [2.75, 3.05) is 39.9 Å². The van der Waals surface area contributed by atoms with E-state index < -0.39 is 10.0 Å². The van der Waals surface area contributed by atoms with Crippen molar-refractivity contribution in [3.05, 3.63) is 18.2 Å². The molecule has 1 N–H and O–H groups in total. The van der Waals surface area contributed by atoms with Gasteiger partial charge in [-0.15, -0.1) is 12.4 Å². The highest BCUT2D eigenvalue weighted by Gasteiger charge is 2.35. The number of nitrogens with one attached hydrogen (secondary N) is 1. The van der Waals surface area contributed by atoms with Gasteiger partial charge in [-0.25, -0.2) is 8.42 Å². The minimum absolute atomic E-state index is 0. The van der Waals surface area contributed by atoms with Gasteiger partial charge in [0.2, 0.25) is 10.0 Å². The lowest BCUT2D eigenvalue weighted by atomic mass is 10.1. The monoisotopic (exact) mass is 348 g/mol. The van der Waals surface area contributed by atoms with Crippen molar-refractivity contribution >= 4 is 22.4 Å². The van der Waals surface area contributed by atoms with E-state index in [4.69, 9.17) is 9.47 Å². The first-order chi connectivity index (χ1) is 10.1. The first-order valence-electron chi connectivity index (χ1n) is 7.16. The first-order valence-corrected chi connectivity index (χ1v) is 8.60. The summed E-state index contributed by atoms with van der Waals surface area (Å²) in [7, 11) is -1.65. The van der Waals surface area contributed by atoms with E-state index in [1.165, 1.54) is 0 Å². The van der Waals surface area contributed by atoms with Crippen LogP contribution in [0.25, 0.3) is 0 Å². The Morgan fingerprint density at radius 2 is 2.09 bits per heavy atom. The fourth-order valence-corrected chi connectivity index (χ4v) is 4.54. The van der Waals surface area contributed by atoms with Crippen LogP contribution >= 0.6 is 12.4 Å². The Kier molecular flexibility index (Phi) is 5.55. The summed E-state index contributed by atoms with van der Waals surface area (Å²) < 4.78 is 38.2. The van der Waals surface area contributed by atoms with Crippen LogP contribution in [-0.2, 0) is 10.0 Å². The maximum absolute atomic E-state index is 12.8. The Morgan fingerprint density at radius 1 is 1.32 bits per heavy atom. The zero-order valence-corrected chi connectivity index (χ0v) is 14.1. The second-order valence-electron chi connectivity index (χ2n) is 5.36. The lowest BCUT2D eigenvalue weighted by molar-refractivity contribution is 0.166. The smallest absolute Gasteiger partial charge is 0.246 e. The number of benzene rings is 1. The van der Waals surface area contributed by atoms with Gasteiger partial charge in [-0.1, -0.05) is 6.07 Å². The molecule has 22 heavy (non-hydrogen) atoms. The molecule has 0 radical (unpaired) electrons. The van der Waals surface area contributed by atoms with Gasteiger partial charge in [0.1, 0.15) is 18.1 Å². The van der Waals surface area contributed by atoms with E-state index in [-0.39, 0.29) is 17.3 Å². The van der Waals surface area contributed by atoms with E-state index in [2.05, 4.69) is 5.32 Å². The molecule has 1 aromatic carbocycles. The summed E-state index contributed by atoms with van der Waals surface area (Å²) in [4.78, 5) is 0.213. The SMILES string of the molecule is CNCC1CCN(S(=O)(=O)c2cccc3c2OCCO3)C1.Cl. The Hall–Kier alpha value is -1.02. The minimum atomic E-state index is -3.53. The van der Waals surface area contributed by atoms with E-state index in [1.54, 1.807) is 22.5 Å². The van der Waals surface area contributed by atoms with Gasteiger partial charge in [-0.05, 0) is 38.1 Å². The normalized spacial score (nSPS) is 21.4. The zero-order chi connectivity index (χ0) is 14.9. The van der Waals surface area contributed by atoms with Crippen molar-refractivity contribution < 1.29 is 17.9 Å². The summed E-state index contributed by atoms with van der Waals surface area (Å²) in [5.41, 5.74) is 0. The number of nitrogens with zero attached hydrogens (tertiary/aromatic N) is 1. The lowest BCUT2D eigenvalue weighted by Crippen LogP contribution is -2.31. The van der Waals surface area contributed by atoms with E-state index >= 15 is 0 Å². The fraction of sp³-hybridized carbons (Fsp3) is 0.571. The fourth-order valence-electron chi connectivity index (χ4n) is 2.86. The third-order valence-corrected chi connectivity index (χ3v) is 5.78. The van der Waals surface area contributed by atoms with Gasteiger partial charge in [0.25, 0.3) is 0 Å². The zero-order valence-electron chi connectivity index (χ0n) is 12.4. The Morgan fingerprint density at radius 3 is 2.86 bits per heavy atom. The molecule has 0 bridgehead atoms.